The number of benzene rings is 1. The monoisotopic (exact) mass is 323 g/mol. The van der Waals surface area contributed by atoms with Crippen LogP contribution in [0.15, 0.2) is 22.7 Å². The van der Waals surface area contributed by atoms with Gasteiger partial charge in [0.15, 0.2) is 0 Å². The summed E-state index contributed by atoms with van der Waals surface area (Å²) in [5.74, 6) is 0.724. The molecule has 0 aromatic heterocycles. The smallest absolute Gasteiger partial charge is 0.251 e. The normalized spacial score (nSPS) is 16.9. The average molecular weight is 324 g/mol. The van der Waals surface area contributed by atoms with E-state index in [0.29, 0.717) is 5.92 Å². The fraction of sp³-hybridized carbons (Fsp3) is 0.562. The molecule has 0 bridgehead atoms. The largest absolute Gasteiger partial charge is 0.352 e. The number of halogens is 1. The summed E-state index contributed by atoms with van der Waals surface area (Å²) in [6.45, 7) is 2.80. The van der Waals surface area contributed by atoms with Crippen LogP contribution in [0.25, 0.3) is 0 Å². The zero-order chi connectivity index (χ0) is 13.7. The molecule has 3 heteroatoms. The molecule has 0 spiro atoms. The van der Waals surface area contributed by atoms with Gasteiger partial charge >= 0.3 is 0 Å². The van der Waals surface area contributed by atoms with E-state index in [1.165, 1.54) is 38.5 Å². The van der Waals surface area contributed by atoms with Gasteiger partial charge in [-0.1, -0.05) is 47.7 Å². The predicted octanol–water partition coefficient (Wildman–Crippen LogP) is 4.46. The highest BCUT2D eigenvalue weighted by Gasteiger charge is 2.15. The van der Waals surface area contributed by atoms with Crippen molar-refractivity contribution < 1.29 is 4.79 Å². The standard InChI is InChI=1S/C16H22BrNO/c1-12-8-9-14(17)10-15(12)16(19)18-11-13-6-4-2-3-5-7-13/h8-10,13H,2-7,11H2,1H3,(H,18,19). The second kappa shape index (κ2) is 7.09. The van der Waals surface area contributed by atoms with Gasteiger partial charge in [0.25, 0.3) is 5.91 Å². The number of hydrogen-bond acceptors (Lipinski definition) is 1. The number of rotatable bonds is 3. The number of carbonyl (C=O) groups excluding carboxylic acids is 1. The van der Waals surface area contributed by atoms with Crippen LogP contribution in [0.1, 0.15) is 54.4 Å². The average Bonchev–Trinajstić information content (AvgIpc) is 2.67. The molecule has 2 rings (SSSR count). The molecule has 0 atom stereocenters. The van der Waals surface area contributed by atoms with Crippen LogP contribution in [0.5, 0.6) is 0 Å². The lowest BCUT2D eigenvalue weighted by Gasteiger charge is -2.15. The molecule has 1 N–H and O–H groups in total. The fourth-order valence-electron chi connectivity index (χ4n) is 2.74. The Bertz CT molecular complexity index is 436. The summed E-state index contributed by atoms with van der Waals surface area (Å²) < 4.78 is 0.956. The van der Waals surface area contributed by atoms with E-state index in [-0.39, 0.29) is 5.91 Å². The highest BCUT2D eigenvalue weighted by atomic mass is 79.9. The second-order valence-corrected chi connectivity index (χ2v) is 6.44. The van der Waals surface area contributed by atoms with Crippen LogP contribution in [-0.2, 0) is 0 Å². The van der Waals surface area contributed by atoms with Crippen LogP contribution >= 0.6 is 15.9 Å². The van der Waals surface area contributed by atoms with Gasteiger partial charge in [-0.2, -0.15) is 0 Å². The Labute approximate surface area is 124 Å². The van der Waals surface area contributed by atoms with E-state index < -0.39 is 0 Å². The van der Waals surface area contributed by atoms with Crippen LogP contribution < -0.4 is 5.32 Å². The van der Waals surface area contributed by atoms with Crippen molar-refractivity contribution in [2.24, 2.45) is 5.92 Å². The zero-order valence-corrected chi connectivity index (χ0v) is 13.1. The third-order valence-electron chi connectivity index (χ3n) is 3.97. The molecule has 0 unspecified atom stereocenters. The summed E-state index contributed by atoms with van der Waals surface area (Å²) in [7, 11) is 0. The van der Waals surface area contributed by atoms with E-state index >= 15 is 0 Å². The lowest BCUT2D eigenvalue weighted by atomic mass is 10.00. The van der Waals surface area contributed by atoms with Crippen molar-refractivity contribution >= 4 is 21.8 Å². The lowest BCUT2D eigenvalue weighted by molar-refractivity contribution is 0.0945. The molecule has 104 valence electrons. The highest BCUT2D eigenvalue weighted by molar-refractivity contribution is 9.10. The van der Waals surface area contributed by atoms with Crippen molar-refractivity contribution in [3.8, 4) is 0 Å². The highest BCUT2D eigenvalue weighted by Crippen LogP contribution is 2.22. The summed E-state index contributed by atoms with van der Waals surface area (Å²) in [5, 5.41) is 3.10. The molecule has 0 heterocycles. The molecule has 1 aliphatic rings. The molecule has 1 saturated carbocycles. The van der Waals surface area contributed by atoms with Gasteiger partial charge in [0.2, 0.25) is 0 Å². The predicted molar refractivity (Wildman–Crippen MR) is 82.4 cm³/mol. The van der Waals surface area contributed by atoms with Gasteiger partial charge in [-0.15, -0.1) is 0 Å². The van der Waals surface area contributed by atoms with Crippen molar-refractivity contribution in [1.29, 1.82) is 0 Å². The first kappa shape index (κ1) is 14.6. The number of amides is 1. The van der Waals surface area contributed by atoms with E-state index in [0.717, 1.165) is 22.1 Å². The Morgan fingerprint density at radius 3 is 2.63 bits per heavy atom. The van der Waals surface area contributed by atoms with E-state index in [1.54, 1.807) is 0 Å². The maximum absolute atomic E-state index is 12.2. The third kappa shape index (κ3) is 4.34. The van der Waals surface area contributed by atoms with Crippen molar-refractivity contribution in [2.75, 3.05) is 6.54 Å². The Balaban J connectivity index is 1.91. The van der Waals surface area contributed by atoms with Crippen molar-refractivity contribution in [3.05, 3.63) is 33.8 Å². The molecule has 0 radical (unpaired) electrons. The van der Waals surface area contributed by atoms with Crippen molar-refractivity contribution in [3.63, 3.8) is 0 Å². The van der Waals surface area contributed by atoms with Gasteiger partial charge in [-0.25, -0.2) is 0 Å². The maximum Gasteiger partial charge on any atom is 0.251 e. The van der Waals surface area contributed by atoms with Crippen molar-refractivity contribution in [1.82, 2.24) is 5.32 Å². The van der Waals surface area contributed by atoms with Gasteiger partial charge < -0.3 is 5.32 Å². The maximum atomic E-state index is 12.2. The second-order valence-electron chi connectivity index (χ2n) is 5.53. The summed E-state index contributed by atoms with van der Waals surface area (Å²) >= 11 is 3.42. The SMILES string of the molecule is Cc1ccc(Br)cc1C(=O)NCC1CCCCCC1. The molecular formula is C16H22BrNO. The van der Waals surface area contributed by atoms with E-state index in [9.17, 15) is 4.79 Å². The number of nitrogens with one attached hydrogen (secondary N) is 1. The molecule has 0 saturated heterocycles. The van der Waals surface area contributed by atoms with E-state index in [2.05, 4.69) is 21.2 Å². The number of aryl methyl sites for hydroxylation is 1. The molecule has 19 heavy (non-hydrogen) atoms. The summed E-state index contributed by atoms with van der Waals surface area (Å²) in [6, 6.07) is 5.85. The molecule has 1 aromatic carbocycles. The van der Waals surface area contributed by atoms with Crippen LogP contribution in [0, 0.1) is 12.8 Å². The lowest BCUT2D eigenvalue weighted by Crippen LogP contribution is -2.29. The zero-order valence-electron chi connectivity index (χ0n) is 11.5. The van der Waals surface area contributed by atoms with Gasteiger partial charge in [0.1, 0.15) is 0 Å². The topological polar surface area (TPSA) is 29.1 Å². The van der Waals surface area contributed by atoms with E-state index in [1.807, 2.05) is 25.1 Å². The number of carbonyl (C=O) groups is 1. The van der Waals surface area contributed by atoms with Crippen molar-refractivity contribution in [2.45, 2.75) is 45.4 Å². The Morgan fingerprint density at radius 2 is 1.95 bits per heavy atom. The first-order valence-electron chi connectivity index (χ1n) is 7.21. The van der Waals surface area contributed by atoms with Gasteiger partial charge in [-0.05, 0) is 43.4 Å². The number of hydrogen-bond donors (Lipinski definition) is 1. The van der Waals surface area contributed by atoms with Crippen LogP contribution in [0.3, 0.4) is 0 Å². The van der Waals surface area contributed by atoms with Crippen LogP contribution in [0.2, 0.25) is 0 Å². The summed E-state index contributed by atoms with van der Waals surface area (Å²) in [5.41, 5.74) is 1.81. The molecule has 1 amide bonds. The van der Waals surface area contributed by atoms with Gasteiger partial charge in [0.05, 0.1) is 0 Å². The molecule has 1 fully saturated rings. The fourth-order valence-corrected chi connectivity index (χ4v) is 3.10. The Hall–Kier alpha value is -0.830. The molecule has 2 nitrogen and oxygen atoms in total. The molecule has 1 aliphatic carbocycles. The summed E-state index contributed by atoms with van der Waals surface area (Å²) in [4.78, 5) is 12.2. The minimum Gasteiger partial charge on any atom is -0.352 e. The van der Waals surface area contributed by atoms with Gasteiger partial charge in [-0.3, -0.25) is 4.79 Å². The molecule has 1 aromatic rings. The Kier molecular flexibility index (Phi) is 5.44. The first-order valence-corrected chi connectivity index (χ1v) is 8.00. The third-order valence-corrected chi connectivity index (χ3v) is 4.46. The first-order chi connectivity index (χ1) is 9.16. The minimum absolute atomic E-state index is 0.0584. The minimum atomic E-state index is 0.0584. The van der Waals surface area contributed by atoms with Crippen LogP contribution in [0.4, 0.5) is 0 Å². The summed E-state index contributed by atoms with van der Waals surface area (Å²) in [6.07, 6.45) is 7.87. The van der Waals surface area contributed by atoms with Crippen LogP contribution in [-0.4, -0.2) is 12.5 Å². The van der Waals surface area contributed by atoms with E-state index in [4.69, 9.17) is 0 Å². The Morgan fingerprint density at radius 1 is 1.26 bits per heavy atom. The quantitative estimate of drug-likeness (QED) is 0.817. The molecular weight excluding hydrogens is 302 g/mol. The van der Waals surface area contributed by atoms with Gasteiger partial charge in [0, 0.05) is 16.6 Å². The molecule has 0 aliphatic heterocycles.